The van der Waals surface area contributed by atoms with Gasteiger partial charge in [0.25, 0.3) is 0 Å². The molecule has 25 heavy (non-hydrogen) atoms. The van der Waals surface area contributed by atoms with Crippen molar-refractivity contribution in [3.05, 3.63) is 68.1 Å². The van der Waals surface area contributed by atoms with Gasteiger partial charge in [0.2, 0.25) is 0 Å². The minimum absolute atomic E-state index is 0.113. The molecule has 0 aliphatic carbocycles. The number of benzene rings is 2. The summed E-state index contributed by atoms with van der Waals surface area (Å²) < 4.78 is 11.3. The van der Waals surface area contributed by atoms with Crippen molar-refractivity contribution in [1.82, 2.24) is 0 Å². The Bertz CT molecular complexity index is 766. The van der Waals surface area contributed by atoms with E-state index in [-0.39, 0.29) is 17.7 Å². The van der Waals surface area contributed by atoms with Crippen LogP contribution >= 0.6 is 46.4 Å². The zero-order valence-corrected chi connectivity index (χ0v) is 15.8. The molecule has 2 aromatic carbocycles. The molecule has 0 saturated carbocycles. The van der Waals surface area contributed by atoms with E-state index in [4.69, 9.17) is 61.1 Å². The highest BCUT2D eigenvalue weighted by molar-refractivity contribution is 6.55. The summed E-state index contributed by atoms with van der Waals surface area (Å²) in [5, 5.41) is 12.3. The van der Waals surface area contributed by atoms with Crippen LogP contribution in [0.3, 0.4) is 0 Å². The lowest BCUT2D eigenvalue weighted by molar-refractivity contribution is 0.304. The number of rotatable bonds is 7. The van der Waals surface area contributed by atoms with E-state index >= 15 is 0 Å². The maximum atomic E-state index is 8.71. The standard InChI is InChI=1S/C17H13Cl4NO3/c18-14-7-13(24-6-5-16(20)21)8-15(19)17(14)25-10-12-4-2-1-3-11(12)9-22-23/h1-5,7-9,23H,6,10H2/b22-9+. The van der Waals surface area contributed by atoms with E-state index in [9.17, 15) is 0 Å². The average Bonchev–Trinajstić information content (AvgIpc) is 2.55. The van der Waals surface area contributed by atoms with E-state index in [0.717, 1.165) is 11.1 Å². The molecule has 0 spiro atoms. The maximum Gasteiger partial charge on any atom is 0.157 e. The second kappa shape index (κ2) is 9.78. The number of oxime groups is 1. The van der Waals surface area contributed by atoms with Gasteiger partial charge in [-0.3, -0.25) is 0 Å². The normalized spacial score (nSPS) is 10.7. The highest BCUT2D eigenvalue weighted by Crippen LogP contribution is 2.37. The molecule has 0 heterocycles. The second-order valence-electron chi connectivity index (χ2n) is 4.75. The number of ether oxygens (including phenoxy) is 2. The van der Waals surface area contributed by atoms with E-state index in [1.165, 1.54) is 12.3 Å². The molecule has 0 atom stereocenters. The first-order valence-corrected chi connectivity index (χ1v) is 8.53. The fraction of sp³-hybridized carbons (Fsp3) is 0.118. The lowest BCUT2D eigenvalue weighted by Crippen LogP contribution is -2.01. The summed E-state index contributed by atoms with van der Waals surface area (Å²) in [6, 6.07) is 10.5. The van der Waals surface area contributed by atoms with Crippen molar-refractivity contribution in [2.75, 3.05) is 6.61 Å². The molecule has 0 radical (unpaired) electrons. The van der Waals surface area contributed by atoms with Crippen LogP contribution in [0, 0.1) is 0 Å². The Kier molecular flexibility index (Phi) is 7.72. The molecular weight excluding hydrogens is 408 g/mol. The van der Waals surface area contributed by atoms with Crippen molar-refractivity contribution in [2.45, 2.75) is 6.61 Å². The molecule has 0 unspecified atom stereocenters. The number of nitrogens with zero attached hydrogens (tertiary/aromatic N) is 1. The van der Waals surface area contributed by atoms with Crippen LogP contribution in [0.5, 0.6) is 11.5 Å². The van der Waals surface area contributed by atoms with Gasteiger partial charge >= 0.3 is 0 Å². The summed E-state index contributed by atoms with van der Waals surface area (Å²) in [6.07, 6.45) is 2.82. The van der Waals surface area contributed by atoms with Gasteiger partial charge < -0.3 is 14.7 Å². The zero-order valence-electron chi connectivity index (χ0n) is 12.8. The molecule has 2 rings (SSSR count). The smallest absolute Gasteiger partial charge is 0.157 e. The van der Waals surface area contributed by atoms with E-state index in [1.807, 2.05) is 18.2 Å². The fourth-order valence-corrected chi connectivity index (χ4v) is 2.66. The van der Waals surface area contributed by atoms with Crippen molar-refractivity contribution < 1.29 is 14.7 Å². The molecule has 0 bridgehead atoms. The summed E-state index contributed by atoms with van der Waals surface area (Å²) in [5.74, 6) is 0.790. The average molecular weight is 421 g/mol. The molecule has 0 fully saturated rings. The monoisotopic (exact) mass is 419 g/mol. The van der Waals surface area contributed by atoms with Crippen molar-refractivity contribution in [2.24, 2.45) is 5.16 Å². The molecule has 0 saturated heterocycles. The van der Waals surface area contributed by atoms with Gasteiger partial charge in [0.05, 0.1) is 16.3 Å². The molecule has 8 heteroatoms. The van der Waals surface area contributed by atoms with Crippen LogP contribution in [0.4, 0.5) is 0 Å². The third-order valence-electron chi connectivity index (χ3n) is 3.08. The van der Waals surface area contributed by atoms with Gasteiger partial charge in [-0.1, -0.05) is 75.8 Å². The number of hydrogen-bond donors (Lipinski definition) is 1. The van der Waals surface area contributed by atoms with Gasteiger partial charge in [-0.2, -0.15) is 0 Å². The molecule has 132 valence electrons. The summed E-state index contributed by atoms with van der Waals surface area (Å²) >= 11 is 23.5. The lowest BCUT2D eigenvalue weighted by atomic mass is 10.1. The summed E-state index contributed by atoms with van der Waals surface area (Å²) in [4.78, 5) is 0. The Labute approximate surface area is 165 Å². The van der Waals surface area contributed by atoms with E-state index in [0.29, 0.717) is 21.5 Å². The van der Waals surface area contributed by atoms with Crippen LogP contribution in [0.1, 0.15) is 11.1 Å². The molecule has 1 N–H and O–H groups in total. The maximum absolute atomic E-state index is 8.71. The lowest BCUT2D eigenvalue weighted by Gasteiger charge is -2.13. The number of halogens is 4. The molecule has 0 amide bonds. The quantitative estimate of drug-likeness (QED) is 0.335. The van der Waals surface area contributed by atoms with Crippen LogP contribution < -0.4 is 9.47 Å². The first-order valence-electron chi connectivity index (χ1n) is 7.02. The molecule has 2 aromatic rings. The van der Waals surface area contributed by atoms with E-state index < -0.39 is 0 Å². The predicted octanol–water partition coefficient (Wildman–Crippen LogP) is 6.08. The largest absolute Gasteiger partial charge is 0.489 e. The van der Waals surface area contributed by atoms with E-state index in [1.54, 1.807) is 18.2 Å². The topological polar surface area (TPSA) is 51.1 Å². The Hall–Kier alpha value is -1.59. The Morgan fingerprint density at radius 2 is 1.76 bits per heavy atom. The van der Waals surface area contributed by atoms with Crippen LogP contribution in [0.2, 0.25) is 10.0 Å². The van der Waals surface area contributed by atoms with Crippen molar-refractivity contribution in [3.8, 4) is 11.5 Å². The van der Waals surface area contributed by atoms with Gasteiger partial charge in [-0.15, -0.1) is 0 Å². The van der Waals surface area contributed by atoms with Crippen LogP contribution in [-0.2, 0) is 6.61 Å². The van der Waals surface area contributed by atoms with Crippen molar-refractivity contribution in [3.63, 3.8) is 0 Å². The minimum atomic E-state index is 0.113. The van der Waals surface area contributed by atoms with Crippen molar-refractivity contribution >= 4 is 52.6 Å². The highest BCUT2D eigenvalue weighted by Gasteiger charge is 2.12. The molecule has 0 aromatic heterocycles. The molecule has 0 aliphatic rings. The molecule has 0 aliphatic heterocycles. The summed E-state index contributed by atoms with van der Waals surface area (Å²) in [5.41, 5.74) is 1.54. The highest BCUT2D eigenvalue weighted by atomic mass is 35.5. The Morgan fingerprint density at radius 3 is 2.40 bits per heavy atom. The third kappa shape index (κ3) is 6.01. The van der Waals surface area contributed by atoms with Gasteiger partial charge in [0, 0.05) is 17.7 Å². The summed E-state index contributed by atoms with van der Waals surface area (Å²) in [7, 11) is 0. The van der Waals surface area contributed by atoms with Gasteiger partial charge in [0.15, 0.2) is 5.75 Å². The molecule has 4 nitrogen and oxygen atoms in total. The number of hydrogen-bond acceptors (Lipinski definition) is 4. The molecular formula is C17H13Cl4NO3. The minimum Gasteiger partial charge on any atom is -0.489 e. The Balaban J connectivity index is 2.11. The van der Waals surface area contributed by atoms with Crippen LogP contribution in [-0.4, -0.2) is 18.0 Å². The fourth-order valence-electron chi connectivity index (χ4n) is 1.96. The van der Waals surface area contributed by atoms with Crippen molar-refractivity contribution in [1.29, 1.82) is 0 Å². The zero-order chi connectivity index (χ0) is 18.2. The first kappa shape index (κ1) is 19.7. The predicted molar refractivity (Wildman–Crippen MR) is 102 cm³/mol. The SMILES string of the molecule is O/N=C/c1ccccc1COc1c(Cl)cc(OCC=C(Cl)Cl)cc1Cl. The third-order valence-corrected chi connectivity index (χ3v) is 3.95. The second-order valence-corrected chi connectivity index (χ2v) is 6.58. The van der Waals surface area contributed by atoms with Crippen LogP contribution in [0.25, 0.3) is 0 Å². The summed E-state index contributed by atoms with van der Waals surface area (Å²) in [6.45, 7) is 0.384. The van der Waals surface area contributed by atoms with Gasteiger partial charge in [0.1, 0.15) is 23.5 Å². The van der Waals surface area contributed by atoms with Gasteiger partial charge in [-0.05, 0) is 11.6 Å². The van der Waals surface area contributed by atoms with Crippen LogP contribution in [0.15, 0.2) is 52.1 Å². The Morgan fingerprint density at radius 1 is 1.08 bits per heavy atom. The van der Waals surface area contributed by atoms with E-state index in [2.05, 4.69) is 5.16 Å². The first-order chi connectivity index (χ1) is 12.0. The van der Waals surface area contributed by atoms with Gasteiger partial charge in [-0.25, -0.2) is 0 Å².